The van der Waals surface area contributed by atoms with Crippen molar-refractivity contribution in [1.29, 1.82) is 0 Å². The number of nitrogens with zero attached hydrogens (tertiary/aromatic N) is 2. The van der Waals surface area contributed by atoms with Gasteiger partial charge in [0.25, 0.3) is 15.9 Å². The van der Waals surface area contributed by atoms with Crippen LogP contribution in [0.1, 0.15) is 23.9 Å². The van der Waals surface area contributed by atoms with E-state index in [9.17, 15) is 13.2 Å². The molecule has 1 aromatic heterocycles. The Balaban J connectivity index is 1.64. The number of carbonyl (C=O) groups excluding carboxylic acids is 1. The predicted octanol–water partition coefficient (Wildman–Crippen LogP) is 3.61. The number of sulfonamides is 1. The average Bonchev–Trinajstić information content (AvgIpc) is 2.69. The smallest absolute Gasteiger partial charge is 0.265 e. The van der Waals surface area contributed by atoms with Crippen LogP contribution in [0.15, 0.2) is 59.5 Å². The highest BCUT2D eigenvalue weighted by molar-refractivity contribution is 7.92. The van der Waals surface area contributed by atoms with E-state index in [1.54, 1.807) is 39.0 Å². The van der Waals surface area contributed by atoms with E-state index in [4.69, 9.17) is 4.74 Å². The summed E-state index contributed by atoms with van der Waals surface area (Å²) in [5, 5.41) is 2.71. The number of anilines is 2. The lowest BCUT2D eigenvalue weighted by atomic mass is 10.2. The van der Waals surface area contributed by atoms with E-state index in [0.29, 0.717) is 22.8 Å². The largest absolute Gasteiger partial charge is 0.481 e. The minimum Gasteiger partial charge on any atom is -0.481 e. The first kappa shape index (κ1) is 22.2. The zero-order chi connectivity index (χ0) is 22.6. The van der Waals surface area contributed by atoms with Gasteiger partial charge in [-0.15, -0.1) is 0 Å². The number of aromatic nitrogens is 2. The Labute approximate surface area is 181 Å². The van der Waals surface area contributed by atoms with Gasteiger partial charge in [-0.25, -0.2) is 23.1 Å². The maximum absolute atomic E-state index is 12.6. The van der Waals surface area contributed by atoms with Gasteiger partial charge in [0.1, 0.15) is 5.75 Å². The number of amides is 1. The second-order valence-electron chi connectivity index (χ2n) is 7.17. The van der Waals surface area contributed by atoms with Gasteiger partial charge in [0, 0.05) is 17.1 Å². The van der Waals surface area contributed by atoms with Crippen molar-refractivity contribution >= 4 is 27.6 Å². The summed E-state index contributed by atoms with van der Waals surface area (Å²) in [6.45, 7) is 7.12. The Kier molecular flexibility index (Phi) is 6.55. The van der Waals surface area contributed by atoms with Crippen molar-refractivity contribution in [2.75, 3.05) is 10.0 Å². The average molecular weight is 441 g/mol. The summed E-state index contributed by atoms with van der Waals surface area (Å²) in [5.74, 6) is 0.254. The molecule has 2 N–H and O–H groups in total. The number of ether oxygens (including phenoxy) is 1. The Morgan fingerprint density at radius 1 is 0.935 bits per heavy atom. The molecule has 9 heteroatoms. The van der Waals surface area contributed by atoms with E-state index < -0.39 is 16.1 Å². The Bertz CT molecular complexity index is 1160. The lowest BCUT2D eigenvalue weighted by molar-refractivity contribution is -0.122. The Hall–Kier alpha value is -3.46. The molecular weight excluding hydrogens is 416 g/mol. The molecule has 0 bridgehead atoms. The van der Waals surface area contributed by atoms with Gasteiger partial charge in [0.15, 0.2) is 6.10 Å². The zero-order valence-electron chi connectivity index (χ0n) is 17.7. The van der Waals surface area contributed by atoms with Crippen molar-refractivity contribution in [1.82, 2.24) is 9.97 Å². The monoisotopic (exact) mass is 440 g/mol. The van der Waals surface area contributed by atoms with Crippen LogP contribution in [0, 0.1) is 20.8 Å². The molecule has 31 heavy (non-hydrogen) atoms. The summed E-state index contributed by atoms with van der Waals surface area (Å²) in [6.07, 6.45) is -0.727. The highest BCUT2D eigenvalue weighted by Gasteiger charge is 2.18. The van der Waals surface area contributed by atoms with Crippen LogP contribution in [0.4, 0.5) is 11.6 Å². The lowest BCUT2D eigenvalue weighted by Crippen LogP contribution is -2.30. The summed E-state index contributed by atoms with van der Waals surface area (Å²) in [4.78, 5) is 20.6. The van der Waals surface area contributed by atoms with Gasteiger partial charge >= 0.3 is 0 Å². The van der Waals surface area contributed by atoms with E-state index in [1.807, 2.05) is 19.1 Å². The quantitative estimate of drug-likeness (QED) is 0.581. The molecule has 2 aromatic carbocycles. The summed E-state index contributed by atoms with van der Waals surface area (Å²) in [5.41, 5.74) is 2.86. The fraction of sp³-hybridized carbons (Fsp3) is 0.227. The maximum Gasteiger partial charge on any atom is 0.265 e. The molecule has 0 spiro atoms. The highest BCUT2D eigenvalue weighted by Crippen LogP contribution is 2.18. The SMILES string of the molecule is Cc1ccc(O[C@@H](C)C(=O)Nc2ccc(S(=O)(=O)Nc3nc(C)cc(C)n3)cc2)cc1. The van der Waals surface area contributed by atoms with Gasteiger partial charge in [0.05, 0.1) is 4.90 Å². The second-order valence-corrected chi connectivity index (χ2v) is 8.85. The Morgan fingerprint density at radius 2 is 1.52 bits per heavy atom. The van der Waals surface area contributed by atoms with Gasteiger partial charge in [-0.2, -0.15) is 0 Å². The summed E-state index contributed by atoms with van der Waals surface area (Å²) < 4.78 is 33.2. The molecule has 0 fully saturated rings. The van der Waals surface area contributed by atoms with E-state index in [1.165, 1.54) is 24.3 Å². The fourth-order valence-electron chi connectivity index (χ4n) is 2.79. The van der Waals surface area contributed by atoms with Crippen LogP contribution in [0.5, 0.6) is 5.75 Å². The molecule has 1 amide bonds. The van der Waals surface area contributed by atoms with Crippen molar-refractivity contribution in [2.24, 2.45) is 0 Å². The highest BCUT2D eigenvalue weighted by atomic mass is 32.2. The van der Waals surface area contributed by atoms with Crippen molar-refractivity contribution in [3.8, 4) is 5.75 Å². The zero-order valence-corrected chi connectivity index (χ0v) is 18.5. The minimum atomic E-state index is -3.87. The predicted molar refractivity (Wildman–Crippen MR) is 119 cm³/mol. The number of rotatable bonds is 7. The normalized spacial score (nSPS) is 12.1. The molecule has 0 aliphatic carbocycles. The Morgan fingerprint density at radius 3 is 2.10 bits per heavy atom. The van der Waals surface area contributed by atoms with Gasteiger partial charge in [-0.05, 0) is 70.2 Å². The number of hydrogen-bond donors (Lipinski definition) is 2. The summed E-state index contributed by atoms with van der Waals surface area (Å²) >= 11 is 0. The number of hydrogen-bond acceptors (Lipinski definition) is 6. The number of aryl methyl sites for hydroxylation is 3. The molecule has 3 aromatic rings. The van der Waals surface area contributed by atoms with Crippen LogP contribution in [0.2, 0.25) is 0 Å². The lowest BCUT2D eigenvalue weighted by Gasteiger charge is -2.15. The molecule has 162 valence electrons. The summed E-state index contributed by atoms with van der Waals surface area (Å²) in [7, 11) is -3.87. The van der Waals surface area contributed by atoms with Gasteiger partial charge in [-0.3, -0.25) is 4.79 Å². The van der Waals surface area contributed by atoms with Gasteiger partial charge < -0.3 is 10.1 Å². The fourth-order valence-corrected chi connectivity index (χ4v) is 3.73. The van der Waals surface area contributed by atoms with Crippen molar-refractivity contribution in [3.63, 3.8) is 0 Å². The van der Waals surface area contributed by atoms with Crippen LogP contribution < -0.4 is 14.8 Å². The van der Waals surface area contributed by atoms with Crippen molar-refractivity contribution < 1.29 is 17.9 Å². The van der Waals surface area contributed by atoms with E-state index >= 15 is 0 Å². The van der Waals surface area contributed by atoms with E-state index in [2.05, 4.69) is 20.0 Å². The standard InChI is InChI=1S/C22H24N4O4S/c1-14-5-9-19(10-6-14)30-17(4)21(27)25-18-7-11-20(12-8-18)31(28,29)26-22-23-15(2)13-16(3)24-22/h5-13,17H,1-4H3,(H,25,27)(H,23,24,26)/t17-/m0/s1. The van der Waals surface area contributed by atoms with E-state index in [0.717, 1.165) is 5.56 Å². The van der Waals surface area contributed by atoms with E-state index in [-0.39, 0.29) is 16.8 Å². The molecule has 1 atom stereocenters. The third-order valence-corrected chi connectivity index (χ3v) is 5.69. The van der Waals surface area contributed by atoms with Crippen molar-refractivity contribution in [2.45, 2.75) is 38.7 Å². The molecule has 8 nitrogen and oxygen atoms in total. The van der Waals surface area contributed by atoms with Gasteiger partial charge in [0.2, 0.25) is 5.95 Å². The molecule has 0 saturated carbocycles. The number of benzene rings is 2. The number of nitrogens with one attached hydrogen (secondary N) is 2. The minimum absolute atomic E-state index is 0.0111. The molecule has 3 rings (SSSR count). The topological polar surface area (TPSA) is 110 Å². The van der Waals surface area contributed by atoms with Crippen LogP contribution in [0.3, 0.4) is 0 Å². The van der Waals surface area contributed by atoms with Crippen LogP contribution in [0.25, 0.3) is 0 Å². The molecule has 0 radical (unpaired) electrons. The third kappa shape index (κ3) is 6.02. The maximum atomic E-state index is 12.6. The molecule has 1 heterocycles. The van der Waals surface area contributed by atoms with Crippen LogP contribution >= 0.6 is 0 Å². The first-order chi connectivity index (χ1) is 14.6. The molecule has 0 aliphatic heterocycles. The molecule has 0 saturated heterocycles. The van der Waals surface area contributed by atoms with Crippen molar-refractivity contribution in [3.05, 3.63) is 71.5 Å². The van der Waals surface area contributed by atoms with Crippen LogP contribution in [-0.4, -0.2) is 30.4 Å². The third-order valence-electron chi connectivity index (χ3n) is 4.34. The second kappa shape index (κ2) is 9.13. The first-order valence-electron chi connectivity index (χ1n) is 9.62. The molecule has 0 aliphatic rings. The molecular formula is C22H24N4O4S. The first-order valence-corrected chi connectivity index (χ1v) is 11.1. The van der Waals surface area contributed by atoms with Gasteiger partial charge in [-0.1, -0.05) is 17.7 Å². The number of carbonyl (C=O) groups is 1. The molecule has 0 unspecified atom stereocenters. The van der Waals surface area contributed by atoms with Crippen LogP contribution in [-0.2, 0) is 14.8 Å². The summed E-state index contributed by atoms with van der Waals surface area (Å²) in [6, 6.07) is 14.9.